The van der Waals surface area contributed by atoms with Gasteiger partial charge >= 0.3 is 0 Å². The Balaban J connectivity index is 1.67. The second kappa shape index (κ2) is 6.51. The van der Waals surface area contributed by atoms with E-state index in [1.54, 1.807) is 18.2 Å². The Morgan fingerprint density at radius 2 is 2.04 bits per heavy atom. The highest BCUT2D eigenvalue weighted by Gasteiger charge is 2.50. The third-order valence-corrected chi connectivity index (χ3v) is 5.81. The van der Waals surface area contributed by atoms with Crippen molar-refractivity contribution in [1.29, 1.82) is 0 Å². The van der Waals surface area contributed by atoms with Crippen molar-refractivity contribution in [3.63, 3.8) is 0 Å². The Hall–Kier alpha value is -2.63. The summed E-state index contributed by atoms with van der Waals surface area (Å²) in [5.74, 6) is -0.304. The summed E-state index contributed by atoms with van der Waals surface area (Å²) in [7, 11) is 0. The van der Waals surface area contributed by atoms with Crippen molar-refractivity contribution < 1.29 is 9.18 Å². The van der Waals surface area contributed by atoms with Crippen LogP contribution in [0.25, 0.3) is 0 Å². The summed E-state index contributed by atoms with van der Waals surface area (Å²) in [5.41, 5.74) is 0.960. The molecule has 3 heterocycles. The summed E-state index contributed by atoms with van der Waals surface area (Å²) in [6.07, 6.45) is 4.18. The highest BCUT2D eigenvalue weighted by molar-refractivity contribution is 5.94. The fraction of sp³-hybridized carbons (Fsp3) is 0.429. The first kappa shape index (κ1) is 17.8. The lowest BCUT2D eigenvalue weighted by Gasteiger charge is -2.42. The van der Waals surface area contributed by atoms with E-state index in [2.05, 4.69) is 23.7 Å². The molecule has 0 unspecified atom stereocenters. The van der Waals surface area contributed by atoms with Crippen LogP contribution in [-0.2, 0) is 0 Å². The number of carbonyl (C=O) groups excluding carboxylic acids is 1. The quantitative estimate of drug-likeness (QED) is 0.885. The zero-order valence-corrected chi connectivity index (χ0v) is 15.6. The van der Waals surface area contributed by atoms with E-state index in [4.69, 9.17) is 0 Å². The number of hydrogen-bond donors (Lipinski definition) is 1. The molecular formula is C21H24FN3O2. The topological polar surface area (TPSA) is 56.4 Å². The number of halogens is 1. The monoisotopic (exact) mass is 369 g/mol. The van der Waals surface area contributed by atoms with Gasteiger partial charge in [0.2, 0.25) is 5.56 Å². The maximum atomic E-state index is 13.8. The van der Waals surface area contributed by atoms with Crippen LogP contribution in [0.15, 0.2) is 47.4 Å². The standard InChI is InChI=1S/C21H24FN3O2/c1-21(2)12-18-17(25(21)16-6-3-5-15(22)11-16)7-4-10-24(18)20(27)14-8-9-19(26)23-13-14/h3,5-6,8-9,11,13,17-18H,4,7,10,12H2,1-2H3,(H,23,26)/t17-,18-/m0/s1. The zero-order valence-electron chi connectivity index (χ0n) is 15.6. The number of nitrogens with zero attached hydrogens (tertiary/aromatic N) is 2. The summed E-state index contributed by atoms with van der Waals surface area (Å²) in [6.45, 7) is 5.00. The Labute approximate surface area is 157 Å². The van der Waals surface area contributed by atoms with E-state index >= 15 is 0 Å². The summed E-state index contributed by atoms with van der Waals surface area (Å²) in [5, 5.41) is 0. The van der Waals surface area contributed by atoms with Crippen LogP contribution in [0, 0.1) is 5.82 Å². The minimum absolute atomic E-state index is 0.0576. The summed E-state index contributed by atoms with van der Waals surface area (Å²) >= 11 is 0. The number of likely N-dealkylation sites (tertiary alicyclic amines) is 1. The third kappa shape index (κ3) is 3.13. The first-order valence-corrected chi connectivity index (χ1v) is 9.41. The van der Waals surface area contributed by atoms with Crippen molar-refractivity contribution >= 4 is 11.6 Å². The number of amides is 1. The van der Waals surface area contributed by atoms with Crippen LogP contribution in [0.4, 0.5) is 10.1 Å². The number of aromatic nitrogens is 1. The molecule has 0 bridgehead atoms. The van der Waals surface area contributed by atoms with E-state index in [0.29, 0.717) is 12.1 Å². The molecule has 5 nitrogen and oxygen atoms in total. The van der Waals surface area contributed by atoms with Crippen molar-refractivity contribution in [2.45, 2.75) is 50.7 Å². The van der Waals surface area contributed by atoms with Gasteiger partial charge in [-0.1, -0.05) is 6.07 Å². The molecule has 2 atom stereocenters. The van der Waals surface area contributed by atoms with Gasteiger partial charge in [-0.2, -0.15) is 0 Å². The number of anilines is 1. The van der Waals surface area contributed by atoms with Crippen LogP contribution < -0.4 is 10.5 Å². The molecule has 0 radical (unpaired) electrons. The maximum absolute atomic E-state index is 13.8. The van der Waals surface area contributed by atoms with Crippen LogP contribution in [0.2, 0.25) is 0 Å². The number of hydrogen-bond acceptors (Lipinski definition) is 3. The third-order valence-electron chi connectivity index (χ3n) is 5.81. The van der Waals surface area contributed by atoms with E-state index in [1.807, 2.05) is 11.0 Å². The lowest BCUT2D eigenvalue weighted by Crippen LogP contribution is -2.53. The predicted octanol–water partition coefficient (Wildman–Crippen LogP) is 3.18. The maximum Gasteiger partial charge on any atom is 0.255 e. The van der Waals surface area contributed by atoms with Gasteiger partial charge in [0.05, 0.1) is 17.6 Å². The lowest BCUT2D eigenvalue weighted by molar-refractivity contribution is 0.0605. The van der Waals surface area contributed by atoms with Crippen LogP contribution in [0.5, 0.6) is 0 Å². The van der Waals surface area contributed by atoms with E-state index in [1.165, 1.54) is 18.3 Å². The second-order valence-corrected chi connectivity index (χ2v) is 8.08. The largest absolute Gasteiger partial charge is 0.361 e. The normalized spacial score (nSPS) is 24.0. The number of aromatic amines is 1. The molecule has 2 aliphatic heterocycles. The number of fused-ring (bicyclic) bond motifs is 1. The smallest absolute Gasteiger partial charge is 0.255 e. The van der Waals surface area contributed by atoms with Gasteiger partial charge in [0.1, 0.15) is 5.82 Å². The second-order valence-electron chi connectivity index (χ2n) is 8.08. The van der Waals surface area contributed by atoms with Gasteiger partial charge in [0, 0.05) is 30.0 Å². The highest BCUT2D eigenvalue weighted by Crippen LogP contribution is 2.44. The average molecular weight is 369 g/mol. The molecule has 1 N–H and O–H groups in total. The average Bonchev–Trinajstić information content (AvgIpc) is 2.91. The van der Waals surface area contributed by atoms with Gasteiger partial charge < -0.3 is 14.8 Å². The van der Waals surface area contributed by atoms with Crippen molar-refractivity contribution in [3.8, 4) is 0 Å². The Kier molecular flexibility index (Phi) is 4.29. The van der Waals surface area contributed by atoms with E-state index < -0.39 is 0 Å². The molecule has 27 heavy (non-hydrogen) atoms. The molecule has 6 heteroatoms. The van der Waals surface area contributed by atoms with Gasteiger partial charge in [0.15, 0.2) is 0 Å². The summed E-state index contributed by atoms with van der Waals surface area (Å²) < 4.78 is 13.8. The van der Waals surface area contributed by atoms with Crippen LogP contribution in [0.1, 0.15) is 43.5 Å². The Morgan fingerprint density at radius 1 is 1.22 bits per heavy atom. The molecule has 0 saturated carbocycles. The fourth-order valence-electron chi connectivity index (χ4n) is 4.77. The van der Waals surface area contributed by atoms with Crippen LogP contribution in [0.3, 0.4) is 0 Å². The van der Waals surface area contributed by atoms with E-state index in [0.717, 1.165) is 24.9 Å². The van der Waals surface area contributed by atoms with Gasteiger partial charge in [-0.25, -0.2) is 4.39 Å². The fourth-order valence-corrected chi connectivity index (χ4v) is 4.77. The predicted molar refractivity (Wildman–Crippen MR) is 102 cm³/mol. The van der Waals surface area contributed by atoms with Crippen molar-refractivity contribution in [3.05, 3.63) is 64.3 Å². The van der Waals surface area contributed by atoms with E-state index in [-0.39, 0.29) is 34.9 Å². The molecule has 4 rings (SSSR count). The zero-order chi connectivity index (χ0) is 19.2. The molecule has 2 aliphatic rings. The minimum Gasteiger partial charge on any atom is -0.361 e. The highest BCUT2D eigenvalue weighted by atomic mass is 19.1. The molecule has 0 spiro atoms. The molecule has 1 amide bonds. The number of rotatable bonds is 2. The summed E-state index contributed by atoms with van der Waals surface area (Å²) in [4.78, 5) is 31.2. The molecule has 0 aliphatic carbocycles. The van der Waals surface area contributed by atoms with Gasteiger partial charge in [-0.3, -0.25) is 9.59 Å². The number of pyridine rings is 1. The Morgan fingerprint density at radius 3 is 2.74 bits per heavy atom. The van der Waals surface area contributed by atoms with Gasteiger partial charge in [-0.15, -0.1) is 0 Å². The van der Waals surface area contributed by atoms with Gasteiger partial charge in [0.25, 0.3) is 5.91 Å². The van der Waals surface area contributed by atoms with E-state index in [9.17, 15) is 14.0 Å². The van der Waals surface area contributed by atoms with Crippen LogP contribution >= 0.6 is 0 Å². The molecular weight excluding hydrogens is 345 g/mol. The molecule has 1 aromatic carbocycles. The number of carbonyl (C=O) groups is 1. The summed E-state index contributed by atoms with van der Waals surface area (Å²) in [6, 6.07) is 9.89. The lowest BCUT2D eigenvalue weighted by atomic mass is 9.93. The van der Waals surface area contributed by atoms with Crippen LogP contribution in [-0.4, -0.2) is 40.0 Å². The number of H-pyrrole nitrogens is 1. The number of nitrogens with one attached hydrogen (secondary N) is 1. The van der Waals surface area contributed by atoms with Gasteiger partial charge in [-0.05, 0) is 57.4 Å². The van der Waals surface area contributed by atoms with Crippen molar-refractivity contribution in [2.24, 2.45) is 0 Å². The molecule has 2 aromatic rings. The number of piperidine rings is 1. The molecule has 2 saturated heterocycles. The van der Waals surface area contributed by atoms with Crippen molar-refractivity contribution in [2.75, 3.05) is 11.4 Å². The molecule has 2 fully saturated rings. The Bertz CT molecular complexity index is 903. The number of benzene rings is 1. The first-order chi connectivity index (χ1) is 12.9. The van der Waals surface area contributed by atoms with Crippen molar-refractivity contribution in [1.82, 2.24) is 9.88 Å². The SMILES string of the molecule is CC1(C)C[C@H]2[C@H](CCCN2C(=O)c2ccc(=O)[nH]c2)N1c1cccc(F)c1. The first-order valence-electron chi connectivity index (χ1n) is 9.41. The molecule has 1 aromatic heterocycles. The minimum atomic E-state index is -0.247. The molecule has 142 valence electrons.